The van der Waals surface area contributed by atoms with Gasteiger partial charge in [-0.15, -0.1) is 5.10 Å². The lowest BCUT2D eigenvalue weighted by molar-refractivity contribution is 0.301. The van der Waals surface area contributed by atoms with Gasteiger partial charge in [-0.25, -0.2) is 0 Å². The van der Waals surface area contributed by atoms with E-state index in [9.17, 15) is 0 Å². The maximum absolute atomic E-state index is 4.18. The van der Waals surface area contributed by atoms with Crippen LogP contribution >= 0.6 is 0 Å². The molecule has 2 rings (SSSR count). The summed E-state index contributed by atoms with van der Waals surface area (Å²) >= 11 is 0. The molecule has 5 nitrogen and oxygen atoms in total. The van der Waals surface area contributed by atoms with Gasteiger partial charge < -0.3 is 10.2 Å². The second kappa shape index (κ2) is 6.29. The van der Waals surface area contributed by atoms with E-state index in [0.29, 0.717) is 5.92 Å². The first-order chi connectivity index (χ1) is 8.65. The zero-order valence-electron chi connectivity index (χ0n) is 11.8. The van der Waals surface area contributed by atoms with Crippen molar-refractivity contribution in [2.24, 2.45) is 5.92 Å². The molecule has 18 heavy (non-hydrogen) atoms. The van der Waals surface area contributed by atoms with E-state index in [1.165, 1.54) is 12.8 Å². The van der Waals surface area contributed by atoms with E-state index in [1.54, 1.807) is 0 Å². The number of hydrogen-bond donors (Lipinski definition) is 1. The molecule has 1 aliphatic carbocycles. The van der Waals surface area contributed by atoms with Crippen molar-refractivity contribution in [2.75, 3.05) is 20.1 Å². The molecule has 0 saturated heterocycles. The van der Waals surface area contributed by atoms with E-state index >= 15 is 0 Å². The van der Waals surface area contributed by atoms with E-state index < -0.39 is 0 Å². The van der Waals surface area contributed by atoms with E-state index in [4.69, 9.17) is 0 Å². The molecule has 1 aromatic heterocycles. The Balaban J connectivity index is 1.68. The molecule has 0 aromatic carbocycles. The Morgan fingerprint density at radius 1 is 1.50 bits per heavy atom. The highest BCUT2D eigenvalue weighted by molar-refractivity contribution is 4.91. The maximum Gasteiger partial charge on any atom is 0.0964 e. The molecule has 102 valence electrons. The average molecular weight is 251 g/mol. The Labute approximate surface area is 110 Å². The number of hydrogen-bond acceptors (Lipinski definition) is 4. The smallest absolute Gasteiger partial charge is 0.0964 e. The van der Waals surface area contributed by atoms with Crippen LogP contribution in [0.3, 0.4) is 0 Å². The molecule has 0 atom stereocenters. The molecule has 0 radical (unpaired) electrons. The zero-order chi connectivity index (χ0) is 13.0. The van der Waals surface area contributed by atoms with Crippen LogP contribution in [-0.2, 0) is 13.1 Å². The number of rotatable bonds is 8. The van der Waals surface area contributed by atoms with Crippen molar-refractivity contribution in [1.29, 1.82) is 0 Å². The van der Waals surface area contributed by atoms with Crippen LogP contribution in [0.5, 0.6) is 0 Å². The second-order valence-corrected chi connectivity index (χ2v) is 5.71. The predicted molar refractivity (Wildman–Crippen MR) is 72.2 cm³/mol. The van der Waals surface area contributed by atoms with Crippen molar-refractivity contribution < 1.29 is 0 Å². The quantitative estimate of drug-likeness (QED) is 0.752. The van der Waals surface area contributed by atoms with Crippen LogP contribution in [0.2, 0.25) is 0 Å². The summed E-state index contributed by atoms with van der Waals surface area (Å²) in [6, 6.07) is 0.820. The minimum Gasteiger partial charge on any atom is -0.311 e. The number of likely N-dealkylation sites (N-methyl/N-ethyl adjacent to an activating group) is 1. The van der Waals surface area contributed by atoms with Crippen molar-refractivity contribution in [1.82, 2.24) is 25.2 Å². The summed E-state index contributed by atoms with van der Waals surface area (Å²) in [5.41, 5.74) is 1.03. The van der Waals surface area contributed by atoms with Crippen LogP contribution in [0.1, 0.15) is 32.4 Å². The van der Waals surface area contributed by atoms with Gasteiger partial charge in [0.1, 0.15) is 0 Å². The largest absolute Gasteiger partial charge is 0.311 e. The molecule has 1 heterocycles. The minimum absolute atomic E-state index is 0.673. The zero-order valence-corrected chi connectivity index (χ0v) is 11.8. The van der Waals surface area contributed by atoms with Crippen molar-refractivity contribution in [2.45, 2.75) is 45.8 Å². The Morgan fingerprint density at radius 3 is 2.94 bits per heavy atom. The number of aromatic nitrogens is 3. The Kier molecular flexibility index (Phi) is 4.72. The molecule has 0 unspecified atom stereocenters. The van der Waals surface area contributed by atoms with Crippen molar-refractivity contribution in [3.8, 4) is 0 Å². The molecule has 1 aromatic rings. The molecule has 0 aliphatic heterocycles. The predicted octanol–water partition coefficient (Wildman–Crippen LogP) is 1.12. The molecular weight excluding hydrogens is 226 g/mol. The van der Waals surface area contributed by atoms with Gasteiger partial charge in [0, 0.05) is 25.3 Å². The normalized spacial score (nSPS) is 15.8. The molecular formula is C13H25N5. The first-order valence-corrected chi connectivity index (χ1v) is 6.95. The molecule has 0 spiro atoms. The molecule has 1 saturated carbocycles. The molecule has 1 N–H and O–H groups in total. The second-order valence-electron chi connectivity index (χ2n) is 5.71. The van der Waals surface area contributed by atoms with Crippen LogP contribution in [-0.4, -0.2) is 46.1 Å². The first kappa shape index (κ1) is 13.5. The maximum atomic E-state index is 4.18. The van der Waals surface area contributed by atoms with Crippen molar-refractivity contribution in [3.63, 3.8) is 0 Å². The van der Waals surface area contributed by atoms with Crippen LogP contribution in [0.25, 0.3) is 0 Å². The monoisotopic (exact) mass is 251 g/mol. The third-order valence-electron chi connectivity index (χ3n) is 3.30. The van der Waals surface area contributed by atoms with Gasteiger partial charge in [-0.3, -0.25) is 4.68 Å². The van der Waals surface area contributed by atoms with Gasteiger partial charge in [0.25, 0.3) is 0 Å². The van der Waals surface area contributed by atoms with Gasteiger partial charge >= 0.3 is 0 Å². The summed E-state index contributed by atoms with van der Waals surface area (Å²) < 4.78 is 1.95. The first-order valence-electron chi connectivity index (χ1n) is 6.95. The molecule has 0 amide bonds. The highest BCUT2D eigenvalue weighted by Crippen LogP contribution is 2.24. The fraction of sp³-hybridized carbons (Fsp3) is 0.846. The Hall–Kier alpha value is -0.940. The Bertz CT molecular complexity index is 356. The van der Waals surface area contributed by atoms with Crippen molar-refractivity contribution in [3.05, 3.63) is 11.9 Å². The number of nitrogens with zero attached hydrogens (tertiary/aromatic N) is 4. The third-order valence-corrected chi connectivity index (χ3v) is 3.30. The average Bonchev–Trinajstić information content (AvgIpc) is 3.08. The van der Waals surface area contributed by atoms with Crippen LogP contribution < -0.4 is 5.32 Å². The summed E-state index contributed by atoms with van der Waals surface area (Å²) in [5.74, 6) is 0.673. The molecule has 0 bridgehead atoms. The molecule has 1 fully saturated rings. The van der Waals surface area contributed by atoms with Crippen LogP contribution in [0, 0.1) is 5.92 Å². The highest BCUT2D eigenvalue weighted by Gasteiger charge is 2.25. The van der Waals surface area contributed by atoms with Gasteiger partial charge in [-0.2, -0.15) is 0 Å². The van der Waals surface area contributed by atoms with E-state index in [-0.39, 0.29) is 0 Å². The van der Waals surface area contributed by atoms with E-state index in [2.05, 4.69) is 41.4 Å². The van der Waals surface area contributed by atoms with E-state index in [0.717, 1.165) is 37.9 Å². The summed E-state index contributed by atoms with van der Waals surface area (Å²) in [5, 5.41) is 11.7. The van der Waals surface area contributed by atoms with Gasteiger partial charge in [0.15, 0.2) is 0 Å². The van der Waals surface area contributed by atoms with Crippen LogP contribution in [0.4, 0.5) is 0 Å². The Morgan fingerprint density at radius 2 is 2.28 bits per heavy atom. The number of nitrogens with one attached hydrogen (secondary N) is 1. The summed E-state index contributed by atoms with van der Waals surface area (Å²) in [6.07, 6.45) is 4.77. The lowest BCUT2D eigenvalue weighted by atomic mass is 10.2. The van der Waals surface area contributed by atoms with Crippen molar-refractivity contribution >= 4 is 0 Å². The SMILES string of the molecule is CC(C)CNCc1cn(CCN(C)C2CC2)nn1. The fourth-order valence-electron chi connectivity index (χ4n) is 1.98. The van der Waals surface area contributed by atoms with Gasteiger partial charge in [-0.1, -0.05) is 19.1 Å². The summed E-state index contributed by atoms with van der Waals surface area (Å²) in [7, 11) is 2.19. The summed E-state index contributed by atoms with van der Waals surface area (Å²) in [4.78, 5) is 2.42. The van der Waals surface area contributed by atoms with Gasteiger partial charge in [0.2, 0.25) is 0 Å². The molecule has 1 aliphatic rings. The lowest BCUT2D eigenvalue weighted by Gasteiger charge is -2.14. The summed E-state index contributed by atoms with van der Waals surface area (Å²) in [6.45, 7) is 8.25. The van der Waals surface area contributed by atoms with Gasteiger partial charge in [0.05, 0.1) is 12.2 Å². The highest BCUT2D eigenvalue weighted by atomic mass is 15.4. The standard InChI is InChI=1S/C13H25N5/c1-11(2)8-14-9-12-10-18(16-15-12)7-6-17(3)13-4-5-13/h10-11,13-14H,4-9H2,1-3H3. The minimum atomic E-state index is 0.673. The van der Waals surface area contributed by atoms with E-state index in [1.807, 2.05) is 10.9 Å². The van der Waals surface area contributed by atoms with Crippen LogP contribution in [0.15, 0.2) is 6.20 Å². The topological polar surface area (TPSA) is 46.0 Å². The lowest BCUT2D eigenvalue weighted by Crippen LogP contribution is -2.25. The fourth-order valence-corrected chi connectivity index (χ4v) is 1.98. The van der Waals surface area contributed by atoms with Gasteiger partial charge in [-0.05, 0) is 32.4 Å². The molecule has 5 heteroatoms. The third kappa shape index (κ3) is 4.38.